The summed E-state index contributed by atoms with van der Waals surface area (Å²) in [5.41, 5.74) is 7.09. The van der Waals surface area contributed by atoms with Crippen LogP contribution in [0.5, 0.6) is 0 Å². The third-order valence-electron chi connectivity index (χ3n) is 2.62. The molecule has 1 aromatic heterocycles. The molecular formula is C11H18N4O3. The van der Waals surface area contributed by atoms with Crippen LogP contribution in [0.2, 0.25) is 0 Å². The molecule has 1 aromatic rings. The standard InChI is InChI=1S/C11H18N4O3/c1-5-15-10(9(12)7(2)13-15)11(17)14(3)6-8(16)18-4/h5-6,12H2,1-4H3. The topological polar surface area (TPSA) is 90.5 Å². The molecule has 1 heterocycles. The largest absolute Gasteiger partial charge is 0.468 e. The van der Waals surface area contributed by atoms with E-state index < -0.39 is 5.97 Å². The number of rotatable bonds is 4. The van der Waals surface area contributed by atoms with Gasteiger partial charge in [-0.2, -0.15) is 5.10 Å². The summed E-state index contributed by atoms with van der Waals surface area (Å²) >= 11 is 0. The summed E-state index contributed by atoms with van der Waals surface area (Å²) in [6.07, 6.45) is 0. The van der Waals surface area contributed by atoms with Crippen molar-refractivity contribution in [2.24, 2.45) is 0 Å². The van der Waals surface area contributed by atoms with E-state index in [2.05, 4.69) is 9.84 Å². The number of aryl methyl sites for hydroxylation is 2. The Kier molecular flexibility index (Phi) is 4.30. The third kappa shape index (κ3) is 2.61. The monoisotopic (exact) mass is 254 g/mol. The number of carbonyl (C=O) groups is 2. The van der Waals surface area contributed by atoms with Crippen molar-refractivity contribution in [3.8, 4) is 0 Å². The van der Waals surface area contributed by atoms with Crippen LogP contribution < -0.4 is 5.73 Å². The van der Waals surface area contributed by atoms with Gasteiger partial charge in [-0.3, -0.25) is 14.3 Å². The van der Waals surface area contributed by atoms with Crippen LogP contribution in [-0.4, -0.2) is 47.3 Å². The number of esters is 1. The van der Waals surface area contributed by atoms with E-state index in [1.165, 1.54) is 23.7 Å². The third-order valence-corrected chi connectivity index (χ3v) is 2.62. The molecule has 0 fully saturated rings. The van der Waals surface area contributed by atoms with Gasteiger partial charge in [0.1, 0.15) is 12.2 Å². The van der Waals surface area contributed by atoms with Crippen LogP contribution in [0.15, 0.2) is 0 Å². The predicted molar refractivity (Wildman–Crippen MR) is 66.0 cm³/mol. The number of nitrogens with two attached hydrogens (primary N) is 1. The smallest absolute Gasteiger partial charge is 0.325 e. The minimum atomic E-state index is -0.483. The Balaban J connectivity index is 2.99. The van der Waals surface area contributed by atoms with Gasteiger partial charge >= 0.3 is 5.97 Å². The number of nitrogen functional groups attached to an aromatic ring is 1. The first-order valence-corrected chi connectivity index (χ1v) is 5.57. The molecule has 18 heavy (non-hydrogen) atoms. The van der Waals surface area contributed by atoms with Gasteiger partial charge in [-0.05, 0) is 13.8 Å². The molecule has 0 radical (unpaired) electrons. The van der Waals surface area contributed by atoms with Crippen molar-refractivity contribution in [1.82, 2.24) is 14.7 Å². The lowest BCUT2D eigenvalue weighted by Gasteiger charge is -2.16. The summed E-state index contributed by atoms with van der Waals surface area (Å²) in [6, 6.07) is 0. The van der Waals surface area contributed by atoms with E-state index in [9.17, 15) is 9.59 Å². The van der Waals surface area contributed by atoms with Crippen LogP contribution in [0, 0.1) is 6.92 Å². The minimum Gasteiger partial charge on any atom is -0.468 e. The molecule has 0 saturated carbocycles. The lowest BCUT2D eigenvalue weighted by molar-refractivity contribution is -0.141. The zero-order valence-electron chi connectivity index (χ0n) is 11.1. The zero-order chi connectivity index (χ0) is 13.9. The van der Waals surface area contributed by atoms with Gasteiger partial charge in [0.25, 0.3) is 5.91 Å². The summed E-state index contributed by atoms with van der Waals surface area (Å²) in [6.45, 7) is 4.01. The number of hydrogen-bond acceptors (Lipinski definition) is 5. The molecule has 0 atom stereocenters. The highest BCUT2D eigenvalue weighted by molar-refractivity contribution is 5.99. The number of hydrogen-bond donors (Lipinski definition) is 1. The number of methoxy groups -OCH3 is 1. The molecule has 0 saturated heterocycles. The van der Waals surface area contributed by atoms with Gasteiger partial charge in [0.2, 0.25) is 0 Å². The molecule has 2 N–H and O–H groups in total. The van der Waals surface area contributed by atoms with Gasteiger partial charge in [-0.15, -0.1) is 0 Å². The molecule has 1 rings (SSSR count). The van der Waals surface area contributed by atoms with Crippen molar-refractivity contribution in [2.45, 2.75) is 20.4 Å². The summed E-state index contributed by atoms with van der Waals surface area (Å²) in [5, 5.41) is 4.16. The second-order valence-electron chi connectivity index (χ2n) is 3.90. The van der Waals surface area contributed by atoms with Crippen molar-refractivity contribution >= 4 is 17.6 Å². The summed E-state index contributed by atoms with van der Waals surface area (Å²) in [4.78, 5) is 24.6. The molecule has 0 aliphatic heterocycles. The molecule has 0 spiro atoms. The fourth-order valence-corrected chi connectivity index (χ4v) is 1.56. The van der Waals surface area contributed by atoms with Crippen LogP contribution in [0.4, 0.5) is 5.69 Å². The Bertz CT molecular complexity index is 467. The van der Waals surface area contributed by atoms with E-state index in [0.717, 1.165) is 0 Å². The number of amides is 1. The summed E-state index contributed by atoms with van der Waals surface area (Å²) in [7, 11) is 2.79. The Labute approximate surface area is 105 Å². The molecule has 0 aromatic carbocycles. The number of anilines is 1. The second kappa shape index (κ2) is 5.52. The van der Waals surface area contributed by atoms with Crippen molar-refractivity contribution < 1.29 is 14.3 Å². The Morgan fingerprint density at radius 3 is 2.61 bits per heavy atom. The van der Waals surface area contributed by atoms with Gasteiger partial charge in [0.05, 0.1) is 18.5 Å². The molecule has 0 unspecified atom stereocenters. The Hall–Kier alpha value is -2.05. The fraction of sp³-hybridized carbons (Fsp3) is 0.545. The predicted octanol–water partition coefficient (Wildman–Crippen LogP) is 0.0386. The number of ether oxygens (including phenoxy) is 1. The van der Waals surface area contributed by atoms with Crippen molar-refractivity contribution in [1.29, 1.82) is 0 Å². The van der Waals surface area contributed by atoms with E-state index in [-0.39, 0.29) is 12.5 Å². The quantitative estimate of drug-likeness (QED) is 0.766. The highest BCUT2D eigenvalue weighted by Crippen LogP contribution is 2.17. The van der Waals surface area contributed by atoms with Gasteiger partial charge < -0.3 is 15.4 Å². The molecule has 0 aliphatic rings. The molecule has 0 bridgehead atoms. The Morgan fingerprint density at radius 1 is 1.50 bits per heavy atom. The van der Waals surface area contributed by atoms with Crippen LogP contribution in [0.3, 0.4) is 0 Å². The van der Waals surface area contributed by atoms with Crippen LogP contribution >= 0.6 is 0 Å². The Morgan fingerprint density at radius 2 is 2.11 bits per heavy atom. The highest BCUT2D eigenvalue weighted by atomic mass is 16.5. The van der Waals surface area contributed by atoms with Crippen LogP contribution in [-0.2, 0) is 16.1 Å². The van der Waals surface area contributed by atoms with Gasteiger partial charge in [-0.25, -0.2) is 0 Å². The maximum Gasteiger partial charge on any atom is 0.325 e. The fourth-order valence-electron chi connectivity index (χ4n) is 1.56. The number of nitrogens with zero attached hydrogens (tertiary/aromatic N) is 3. The van der Waals surface area contributed by atoms with Crippen molar-refractivity contribution in [3.63, 3.8) is 0 Å². The lowest BCUT2D eigenvalue weighted by Crippen LogP contribution is -2.34. The average Bonchev–Trinajstić information content (AvgIpc) is 2.64. The van der Waals surface area contributed by atoms with E-state index in [1.54, 1.807) is 6.92 Å². The summed E-state index contributed by atoms with van der Waals surface area (Å²) < 4.78 is 6.04. The molecular weight excluding hydrogens is 236 g/mol. The minimum absolute atomic E-state index is 0.122. The van der Waals surface area contributed by atoms with Crippen molar-refractivity contribution in [3.05, 3.63) is 11.4 Å². The van der Waals surface area contributed by atoms with Gasteiger partial charge in [0, 0.05) is 13.6 Å². The first kappa shape index (κ1) is 14.0. The first-order valence-electron chi connectivity index (χ1n) is 5.57. The van der Waals surface area contributed by atoms with Crippen LogP contribution in [0.1, 0.15) is 23.1 Å². The molecule has 0 aliphatic carbocycles. The maximum atomic E-state index is 12.2. The maximum absolute atomic E-state index is 12.2. The average molecular weight is 254 g/mol. The van der Waals surface area contributed by atoms with E-state index in [0.29, 0.717) is 23.6 Å². The first-order chi connectivity index (χ1) is 8.42. The van der Waals surface area contributed by atoms with Gasteiger partial charge in [0.15, 0.2) is 0 Å². The lowest BCUT2D eigenvalue weighted by atomic mass is 10.2. The number of carbonyl (C=O) groups excluding carboxylic acids is 2. The zero-order valence-corrected chi connectivity index (χ0v) is 11.1. The highest BCUT2D eigenvalue weighted by Gasteiger charge is 2.23. The van der Waals surface area contributed by atoms with E-state index in [1.807, 2.05) is 6.92 Å². The van der Waals surface area contributed by atoms with E-state index in [4.69, 9.17) is 5.73 Å². The molecule has 7 nitrogen and oxygen atoms in total. The van der Waals surface area contributed by atoms with Gasteiger partial charge in [-0.1, -0.05) is 0 Å². The number of likely N-dealkylation sites (N-methyl/N-ethyl adjacent to an activating group) is 1. The molecule has 7 heteroatoms. The molecule has 100 valence electrons. The normalized spacial score (nSPS) is 10.2. The van der Waals surface area contributed by atoms with Crippen molar-refractivity contribution in [2.75, 3.05) is 26.4 Å². The van der Waals surface area contributed by atoms with E-state index >= 15 is 0 Å². The second-order valence-corrected chi connectivity index (χ2v) is 3.90. The molecule has 1 amide bonds. The SMILES string of the molecule is CCn1nc(C)c(N)c1C(=O)N(C)CC(=O)OC. The number of aromatic nitrogens is 2. The summed E-state index contributed by atoms with van der Waals surface area (Å²) in [5.74, 6) is -0.830. The van der Waals surface area contributed by atoms with Crippen LogP contribution in [0.25, 0.3) is 0 Å².